The van der Waals surface area contributed by atoms with Crippen molar-refractivity contribution in [2.24, 2.45) is 0 Å². The van der Waals surface area contributed by atoms with Gasteiger partial charge in [-0.15, -0.1) is 0 Å². The van der Waals surface area contributed by atoms with E-state index in [2.05, 4.69) is 10.3 Å². The number of aromatic nitrogens is 1. The number of oxazole rings is 1. The lowest BCUT2D eigenvalue weighted by Gasteiger charge is -2.11. The van der Waals surface area contributed by atoms with Crippen LogP contribution in [0, 0.1) is 0 Å². The van der Waals surface area contributed by atoms with Crippen LogP contribution in [0.1, 0.15) is 0 Å². The average Bonchev–Trinajstić information content (AvgIpc) is 3.02. The number of hydrogen-bond donors (Lipinski definition) is 1. The van der Waals surface area contributed by atoms with E-state index in [1.807, 2.05) is 0 Å². The summed E-state index contributed by atoms with van der Waals surface area (Å²) in [7, 11) is 3.10. The molecule has 0 aliphatic heterocycles. The van der Waals surface area contributed by atoms with Gasteiger partial charge in [-0.1, -0.05) is 23.4 Å². The number of thioether (sulfide) groups is 1. The van der Waals surface area contributed by atoms with E-state index in [9.17, 15) is 4.79 Å². The van der Waals surface area contributed by atoms with Crippen LogP contribution in [0.3, 0.4) is 0 Å². The van der Waals surface area contributed by atoms with Crippen molar-refractivity contribution in [1.29, 1.82) is 0 Å². The molecule has 3 rings (SSSR count). The summed E-state index contributed by atoms with van der Waals surface area (Å²) in [4.78, 5) is 16.5. The van der Waals surface area contributed by atoms with Gasteiger partial charge in [-0.2, -0.15) is 0 Å². The predicted molar refractivity (Wildman–Crippen MR) is 97.9 cm³/mol. The Bertz CT molecular complexity index is 913. The quantitative estimate of drug-likeness (QED) is 0.647. The monoisotopic (exact) mass is 378 g/mol. The number of hydrogen-bond acceptors (Lipinski definition) is 6. The van der Waals surface area contributed by atoms with Gasteiger partial charge in [0.1, 0.15) is 17.0 Å². The van der Waals surface area contributed by atoms with Crippen molar-refractivity contribution in [3.63, 3.8) is 0 Å². The van der Waals surface area contributed by atoms with Crippen molar-refractivity contribution < 1.29 is 18.7 Å². The van der Waals surface area contributed by atoms with E-state index in [0.717, 1.165) is 0 Å². The van der Waals surface area contributed by atoms with Crippen LogP contribution >= 0.6 is 23.4 Å². The molecular formula is C17H15ClN2O4S. The summed E-state index contributed by atoms with van der Waals surface area (Å²) in [6.07, 6.45) is 0. The minimum atomic E-state index is -0.200. The summed E-state index contributed by atoms with van der Waals surface area (Å²) in [5.74, 6) is 1.12. The van der Waals surface area contributed by atoms with E-state index in [1.165, 1.54) is 18.9 Å². The van der Waals surface area contributed by atoms with Crippen molar-refractivity contribution in [1.82, 2.24) is 4.98 Å². The van der Waals surface area contributed by atoms with Crippen LogP contribution in [-0.4, -0.2) is 30.9 Å². The number of ether oxygens (including phenoxy) is 2. The maximum atomic E-state index is 12.2. The van der Waals surface area contributed by atoms with Crippen molar-refractivity contribution in [2.75, 3.05) is 25.3 Å². The topological polar surface area (TPSA) is 73.6 Å². The predicted octanol–water partition coefficient (Wildman–Crippen LogP) is 4.23. The lowest BCUT2D eigenvalue weighted by Crippen LogP contribution is -2.14. The Balaban J connectivity index is 1.64. The summed E-state index contributed by atoms with van der Waals surface area (Å²) in [6.45, 7) is 0. The Morgan fingerprint density at radius 1 is 1.24 bits per heavy atom. The maximum Gasteiger partial charge on any atom is 0.257 e. The zero-order valence-electron chi connectivity index (χ0n) is 13.5. The molecule has 0 unspecified atom stereocenters. The summed E-state index contributed by atoms with van der Waals surface area (Å²) in [5, 5.41) is 3.78. The van der Waals surface area contributed by atoms with Gasteiger partial charge in [0.2, 0.25) is 5.91 Å². The molecule has 8 heteroatoms. The molecule has 0 saturated heterocycles. The molecule has 1 aromatic heterocycles. The number of rotatable bonds is 6. The second-order valence-electron chi connectivity index (χ2n) is 4.99. The molecule has 1 N–H and O–H groups in total. The first kappa shape index (κ1) is 17.4. The third-order valence-corrected chi connectivity index (χ3v) is 4.40. The number of amides is 1. The fraction of sp³-hybridized carbons (Fsp3) is 0.176. The molecule has 2 aromatic carbocycles. The number of carbonyl (C=O) groups is 1. The van der Waals surface area contributed by atoms with Gasteiger partial charge in [0.25, 0.3) is 5.22 Å². The van der Waals surface area contributed by atoms with Crippen LogP contribution in [0.25, 0.3) is 11.1 Å². The summed E-state index contributed by atoms with van der Waals surface area (Å²) in [6, 6.07) is 10.4. The second kappa shape index (κ2) is 7.67. The third-order valence-electron chi connectivity index (χ3n) is 3.34. The molecule has 1 heterocycles. The molecule has 0 spiro atoms. The molecule has 0 saturated carbocycles. The van der Waals surface area contributed by atoms with Crippen LogP contribution in [-0.2, 0) is 4.79 Å². The van der Waals surface area contributed by atoms with Crippen molar-refractivity contribution in [2.45, 2.75) is 5.22 Å². The number of fused-ring (bicyclic) bond motifs is 1. The molecule has 6 nitrogen and oxygen atoms in total. The minimum Gasteiger partial charge on any atom is -0.497 e. The van der Waals surface area contributed by atoms with Crippen LogP contribution in [0.5, 0.6) is 11.5 Å². The van der Waals surface area contributed by atoms with E-state index in [4.69, 9.17) is 25.5 Å². The lowest BCUT2D eigenvalue weighted by atomic mass is 10.2. The van der Waals surface area contributed by atoms with Gasteiger partial charge in [-0.3, -0.25) is 4.79 Å². The highest BCUT2D eigenvalue weighted by atomic mass is 35.5. The number of nitrogens with one attached hydrogen (secondary N) is 1. The molecule has 1 amide bonds. The Morgan fingerprint density at radius 3 is 2.84 bits per heavy atom. The molecular weight excluding hydrogens is 364 g/mol. The number of nitrogens with zero attached hydrogens (tertiary/aromatic N) is 1. The molecule has 3 aromatic rings. The molecule has 25 heavy (non-hydrogen) atoms. The zero-order valence-corrected chi connectivity index (χ0v) is 15.1. The first-order valence-electron chi connectivity index (χ1n) is 7.30. The number of benzene rings is 2. The average molecular weight is 379 g/mol. The molecule has 0 aliphatic carbocycles. The van der Waals surface area contributed by atoms with E-state index in [1.54, 1.807) is 43.5 Å². The summed E-state index contributed by atoms with van der Waals surface area (Å²) >= 11 is 7.12. The largest absolute Gasteiger partial charge is 0.497 e. The summed E-state index contributed by atoms with van der Waals surface area (Å²) in [5.41, 5.74) is 1.86. The van der Waals surface area contributed by atoms with Crippen LogP contribution in [0.4, 0.5) is 5.69 Å². The molecule has 0 atom stereocenters. The Hall–Kier alpha value is -2.38. The van der Waals surface area contributed by atoms with Crippen LogP contribution in [0.15, 0.2) is 46.0 Å². The highest BCUT2D eigenvalue weighted by Crippen LogP contribution is 2.30. The molecule has 0 bridgehead atoms. The lowest BCUT2D eigenvalue weighted by molar-refractivity contribution is -0.113. The number of halogens is 1. The van der Waals surface area contributed by atoms with Gasteiger partial charge in [0, 0.05) is 17.2 Å². The SMILES string of the molecule is COc1ccc(NC(=O)CSc2nc3ccc(Cl)cc3o2)c(OC)c1. The van der Waals surface area contributed by atoms with Gasteiger partial charge >= 0.3 is 0 Å². The van der Waals surface area contributed by atoms with Gasteiger partial charge in [0.15, 0.2) is 5.58 Å². The molecule has 0 fully saturated rings. The van der Waals surface area contributed by atoms with E-state index in [-0.39, 0.29) is 11.7 Å². The highest BCUT2D eigenvalue weighted by Gasteiger charge is 2.12. The Labute approximate surface area is 153 Å². The van der Waals surface area contributed by atoms with E-state index in [0.29, 0.717) is 38.5 Å². The van der Waals surface area contributed by atoms with E-state index < -0.39 is 0 Å². The van der Waals surface area contributed by atoms with Gasteiger partial charge in [0.05, 0.1) is 25.7 Å². The minimum absolute atomic E-state index is 0.149. The maximum absolute atomic E-state index is 12.2. The highest BCUT2D eigenvalue weighted by molar-refractivity contribution is 7.99. The first-order valence-corrected chi connectivity index (χ1v) is 8.66. The van der Waals surface area contributed by atoms with Gasteiger partial charge in [-0.25, -0.2) is 4.98 Å². The van der Waals surface area contributed by atoms with Gasteiger partial charge in [-0.05, 0) is 24.3 Å². The number of carbonyl (C=O) groups excluding carboxylic acids is 1. The Morgan fingerprint density at radius 2 is 2.08 bits per heavy atom. The van der Waals surface area contributed by atoms with E-state index >= 15 is 0 Å². The van der Waals surface area contributed by atoms with Crippen LogP contribution in [0.2, 0.25) is 5.02 Å². The standard InChI is InChI=1S/C17H15ClN2O4S/c1-22-11-4-6-12(14(8-11)23-2)19-16(21)9-25-17-20-13-5-3-10(18)7-15(13)24-17/h3-8H,9H2,1-2H3,(H,19,21). The first-order chi connectivity index (χ1) is 12.1. The van der Waals surface area contributed by atoms with Crippen molar-refractivity contribution in [3.8, 4) is 11.5 Å². The van der Waals surface area contributed by atoms with Crippen molar-refractivity contribution >= 4 is 46.1 Å². The van der Waals surface area contributed by atoms with Gasteiger partial charge < -0.3 is 19.2 Å². The third kappa shape index (κ3) is 4.18. The molecule has 0 radical (unpaired) electrons. The number of anilines is 1. The molecule has 130 valence electrons. The fourth-order valence-electron chi connectivity index (χ4n) is 2.15. The normalized spacial score (nSPS) is 10.7. The fourth-order valence-corrected chi connectivity index (χ4v) is 2.95. The second-order valence-corrected chi connectivity index (χ2v) is 6.36. The zero-order chi connectivity index (χ0) is 17.8. The molecule has 0 aliphatic rings. The van der Waals surface area contributed by atoms with Crippen LogP contribution < -0.4 is 14.8 Å². The Kier molecular flexibility index (Phi) is 5.35. The van der Waals surface area contributed by atoms with Crippen molar-refractivity contribution in [3.05, 3.63) is 41.4 Å². The number of methoxy groups -OCH3 is 2. The smallest absolute Gasteiger partial charge is 0.257 e. The summed E-state index contributed by atoms with van der Waals surface area (Å²) < 4.78 is 16.0.